The lowest BCUT2D eigenvalue weighted by Crippen LogP contribution is -2.35. The lowest BCUT2D eigenvalue weighted by Gasteiger charge is -2.21. The number of aryl methyl sites for hydroxylation is 1. The van der Waals surface area contributed by atoms with Crippen molar-refractivity contribution in [1.82, 2.24) is 45.8 Å². The lowest BCUT2D eigenvalue weighted by molar-refractivity contribution is -0.141. The van der Waals surface area contributed by atoms with Crippen molar-refractivity contribution in [2.45, 2.75) is 75.9 Å². The highest BCUT2D eigenvalue weighted by atomic mass is 35.5. The van der Waals surface area contributed by atoms with Crippen LogP contribution in [0.2, 0.25) is 5.02 Å². The number of ether oxygens (including phenoxy) is 1. The quantitative estimate of drug-likeness (QED) is 0.101. The van der Waals surface area contributed by atoms with Gasteiger partial charge in [-0.25, -0.2) is 9.97 Å². The molecule has 57 heavy (non-hydrogen) atoms. The maximum Gasteiger partial charge on any atom is 0.437 e. The van der Waals surface area contributed by atoms with Crippen molar-refractivity contribution in [3.63, 3.8) is 0 Å². The number of rotatable bonds is 13. The molecular weight excluding hydrogens is 761 g/mol. The van der Waals surface area contributed by atoms with E-state index in [-0.39, 0.29) is 42.0 Å². The van der Waals surface area contributed by atoms with Gasteiger partial charge in [0.25, 0.3) is 0 Å². The Labute approximate surface area is 331 Å². The van der Waals surface area contributed by atoms with Crippen molar-refractivity contribution in [2.75, 3.05) is 25.5 Å². The monoisotopic (exact) mass is 802 g/mol. The number of hydrogen-bond acceptors (Lipinski definition) is 10. The number of carbonyl (C=O) groups excluding carboxylic acids is 2. The molecule has 13 nitrogen and oxygen atoms in total. The number of nitrogens with zero attached hydrogens (tertiary/aromatic N) is 5. The van der Waals surface area contributed by atoms with Gasteiger partial charge in [-0.15, -0.1) is 0 Å². The highest BCUT2D eigenvalue weighted by Crippen LogP contribution is 2.44. The third-order valence-corrected chi connectivity index (χ3v) is 11.2. The summed E-state index contributed by atoms with van der Waals surface area (Å²) >= 11 is 7.14. The third-order valence-electron chi connectivity index (χ3n) is 10.9. The van der Waals surface area contributed by atoms with Crippen LogP contribution in [-0.4, -0.2) is 68.6 Å². The number of anilines is 1. The first-order valence-corrected chi connectivity index (χ1v) is 19.4. The second kappa shape index (κ2) is 15.9. The van der Waals surface area contributed by atoms with Crippen molar-refractivity contribution < 1.29 is 27.5 Å². The number of fused-ring (bicyclic) bond motifs is 2. The largest absolute Gasteiger partial charge is 0.480 e. The summed E-state index contributed by atoms with van der Waals surface area (Å²) in [6.07, 6.45) is 2.47. The van der Waals surface area contributed by atoms with Crippen LogP contribution < -0.4 is 31.3 Å². The number of hydrogen-bond donors (Lipinski definition) is 5. The minimum Gasteiger partial charge on any atom is -0.480 e. The molecule has 2 amide bonds. The average Bonchev–Trinajstić information content (AvgIpc) is 3.98. The summed E-state index contributed by atoms with van der Waals surface area (Å²) in [6.45, 7) is 1.67. The molecule has 8 rings (SSSR count). The highest BCUT2D eigenvalue weighted by molar-refractivity contribution is 6.35. The number of pyridine rings is 2. The Morgan fingerprint density at radius 1 is 0.912 bits per heavy atom. The molecule has 3 atom stereocenters. The second-order valence-corrected chi connectivity index (χ2v) is 15.1. The van der Waals surface area contributed by atoms with E-state index < -0.39 is 23.7 Å². The fourth-order valence-corrected chi connectivity index (χ4v) is 8.39. The predicted octanol–water partition coefficient (Wildman–Crippen LogP) is 5.61. The van der Waals surface area contributed by atoms with E-state index in [9.17, 15) is 22.8 Å². The maximum atomic E-state index is 14.5. The molecule has 6 heterocycles. The van der Waals surface area contributed by atoms with Crippen LogP contribution in [-0.2, 0) is 42.3 Å². The Hall–Kier alpha value is -5.32. The first-order chi connectivity index (χ1) is 27.5. The first-order valence-electron chi connectivity index (χ1n) is 19.0. The van der Waals surface area contributed by atoms with Gasteiger partial charge < -0.3 is 35.9 Å². The third kappa shape index (κ3) is 7.98. The number of aromatic nitrogens is 5. The van der Waals surface area contributed by atoms with Gasteiger partial charge >= 0.3 is 6.18 Å². The zero-order valence-electron chi connectivity index (χ0n) is 31.4. The van der Waals surface area contributed by atoms with Crippen molar-refractivity contribution in [3.8, 4) is 28.4 Å². The van der Waals surface area contributed by atoms with E-state index in [1.807, 2.05) is 54.2 Å². The molecule has 5 N–H and O–H groups in total. The van der Waals surface area contributed by atoms with Crippen LogP contribution in [0.3, 0.4) is 0 Å². The Morgan fingerprint density at radius 3 is 2.33 bits per heavy atom. The summed E-state index contributed by atoms with van der Waals surface area (Å²) in [6, 6.07) is 11.0. The van der Waals surface area contributed by atoms with Gasteiger partial charge in [0.05, 0.1) is 29.6 Å². The first kappa shape index (κ1) is 38.5. The zero-order valence-corrected chi connectivity index (χ0v) is 32.2. The van der Waals surface area contributed by atoms with Gasteiger partial charge in [-0.2, -0.15) is 18.2 Å². The number of alkyl halides is 3. The molecule has 5 aromatic rings. The zero-order chi connectivity index (χ0) is 39.8. The molecule has 2 fully saturated rings. The smallest absolute Gasteiger partial charge is 0.437 e. The molecule has 298 valence electrons. The van der Waals surface area contributed by atoms with E-state index >= 15 is 0 Å². The number of nitrogens with one attached hydrogen (secondary N) is 5. The molecule has 0 radical (unpaired) electrons. The summed E-state index contributed by atoms with van der Waals surface area (Å²) in [7, 11) is 3.29. The molecule has 1 aromatic carbocycles. The van der Waals surface area contributed by atoms with Gasteiger partial charge in [0, 0.05) is 87.1 Å². The van der Waals surface area contributed by atoms with Gasteiger partial charge in [-0.05, 0) is 60.6 Å². The van der Waals surface area contributed by atoms with Crippen molar-refractivity contribution in [3.05, 3.63) is 81.9 Å². The Morgan fingerprint density at radius 2 is 1.65 bits per heavy atom. The Bertz CT molecular complexity index is 2350. The fourth-order valence-electron chi connectivity index (χ4n) is 8.08. The Balaban J connectivity index is 1.02. The van der Waals surface area contributed by atoms with Gasteiger partial charge in [0.15, 0.2) is 11.5 Å². The minimum atomic E-state index is -4.79. The SMILES string of the molecule is COc1nc(N[C@@H]2CCc3c(-c4nccc(-c5ccc6c(CNC[C@@H]7CCC(=O)N7)cn(C)c6n5)c4Cl)cccc32)c(C(F)(F)F)nc1CNC[C@@H]1CCC(=O)N1. The molecular formula is C40H42ClF3N10O3. The summed E-state index contributed by atoms with van der Waals surface area (Å²) in [5.74, 6) is -0.404. The second-order valence-electron chi connectivity index (χ2n) is 14.7. The maximum absolute atomic E-state index is 14.5. The molecule has 17 heteroatoms. The van der Waals surface area contributed by atoms with Gasteiger partial charge in [0.2, 0.25) is 17.7 Å². The van der Waals surface area contributed by atoms with Gasteiger partial charge in [-0.3, -0.25) is 14.6 Å². The molecule has 0 spiro atoms. The van der Waals surface area contributed by atoms with E-state index in [1.165, 1.54) is 7.11 Å². The van der Waals surface area contributed by atoms with E-state index in [0.29, 0.717) is 73.7 Å². The van der Waals surface area contributed by atoms with Gasteiger partial charge in [0.1, 0.15) is 11.3 Å². The Kier molecular flexibility index (Phi) is 10.8. The molecule has 0 unspecified atom stereocenters. The van der Waals surface area contributed by atoms with Crippen LogP contribution in [0.4, 0.5) is 19.0 Å². The predicted molar refractivity (Wildman–Crippen MR) is 208 cm³/mol. The molecule has 0 saturated carbocycles. The normalized spacial score (nSPS) is 19.2. The van der Waals surface area contributed by atoms with Crippen LogP contribution in [0.1, 0.15) is 66.2 Å². The van der Waals surface area contributed by atoms with Crippen LogP contribution in [0.15, 0.2) is 48.8 Å². The molecule has 1 aliphatic carbocycles. The fraction of sp³-hybridized carbons (Fsp3) is 0.400. The number of halogens is 4. The number of benzene rings is 1. The summed E-state index contributed by atoms with van der Waals surface area (Å²) in [5, 5.41) is 16.8. The molecule has 0 bridgehead atoms. The van der Waals surface area contributed by atoms with E-state index in [4.69, 9.17) is 21.3 Å². The van der Waals surface area contributed by atoms with Crippen molar-refractivity contribution in [2.24, 2.45) is 7.05 Å². The number of methoxy groups -OCH3 is 1. The van der Waals surface area contributed by atoms with Crippen LogP contribution >= 0.6 is 11.6 Å². The summed E-state index contributed by atoms with van der Waals surface area (Å²) in [4.78, 5) is 41.0. The topological polar surface area (TPSA) is 160 Å². The molecule has 3 aliphatic rings. The average molecular weight is 803 g/mol. The number of carbonyl (C=O) groups is 2. The number of amides is 2. The van der Waals surface area contributed by atoms with Gasteiger partial charge in [-0.1, -0.05) is 29.8 Å². The van der Waals surface area contributed by atoms with E-state index in [1.54, 1.807) is 6.20 Å². The lowest BCUT2D eigenvalue weighted by atomic mass is 9.98. The molecule has 4 aromatic heterocycles. The molecule has 2 aliphatic heterocycles. The van der Waals surface area contributed by atoms with Crippen LogP contribution in [0, 0.1) is 0 Å². The standard InChI is InChI=1S/C40H42ClF3N10O3/c1-54-20-21(16-45-17-22-6-12-32(55)48-22)24-8-10-30(52-38(24)54)28-14-15-47-35(34(28)41)27-5-3-4-26-25(27)9-11-29(26)51-37-36(40(42,43)44)50-31(39(53-37)57-2)19-46-18-23-7-13-33(56)49-23/h3-5,8,10,14-15,20,22-23,29,45-46H,6-7,9,11-13,16-19H2,1-2H3,(H,48,55)(H,49,56)(H,51,53)/t22-,23-,29+/m0/s1. The van der Waals surface area contributed by atoms with Crippen molar-refractivity contribution >= 4 is 40.3 Å². The van der Waals surface area contributed by atoms with Crippen molar-refractivity contribution in [1.29, 1.82) is 0 Å². The van der Waals surface area contributed by atoms with E-state index in [2.05, 4.69) is 41.5 Å². The summed E-state index contributed by atoms with van der Waals surface area (Å²) in [5.41, 5.74) is 5.21. The van der Waals surface area contributed by atoms with Crippen LogP contribution in [0.5, 0.6) is 5.88 Å². The highest BCUT2D eigenvalue weighted by Gasteiger charge is 2.39. The summed E-state index contributed by atoms with van der Waals surface area (Å²) < 4.78 is 50.8. The van der Waals surface area contributed by atoms with Crippen LogP contribution in [0.25, 0.3) is 33.5 Å². The van der Waals surface area contributed by atoms with E-state index in [0.717, 1.165) is 39.7 Å². The minimum absolute atomic E-state index is 0.0135. The molecule has 2 saturated heterocycles.